The van der Waals surface area contributed by atoms with E-state index >= 15 is 0 Å². The number of hydrogen-bond donors (Lipinski definition) is 0. The second-order valence-corrected chi connectivity index (χ2v) is 10.7. The van der Waals surface area contributed by atoms with Gasteiger partial charge in [0.15, 0.2) is 0 Å². The molecule has 7 nitrogen and oxygen atoms in total. The van der Waals surface area contributed by atoms with Crippen LogP contribution in [0.1, 0.15) is 42.9 Å². The summed E-state index contributed by atoms with van der Waals surface area (Å²) in [6.45, 7) is 3.36. The normalized spacial score (nSPS) is 20.1. The number of carbonyl (C=O) groups excluding carboxylic acids is 1. The quantitative estimate of drug-likeness (QED) is 0.640. The summed E-state index contributed by atoms with van der Waals surface area (Å²) >= 11 is 0. The highest BCUT2D eigenvalue weighted by atomic mass is 32.2. The molecule has 8 heteroatoms. The molecule has 0 aromatic heterocycles. The molecule has 2 aromatic rings. The van der Waals surface area contributed by atoms with Crippen molar-refractivity contribution in [1.29, 1.82) is 0 Å². The van der Waals surface area contributed by atoms with E-state index in [1.807, 2.05) is 42.2 Å². The van der Waals surface area contributed by atoms with Crippen molar-refractivity contribution in [3.05, 3.63) is 53.6 Å². The number of methoxy groups -OCH3 is 2. The molecule has 0 bridgehead atoms. The van der Waals surface area contributed by atoms with Gasteiger partial charge in [0.2, 0.25) is 15.9 Å². The molecule has 2 aliphatic heterocycles. The number of amides is 1. The average molecular weight is 473 g/mol. The second kappa shape index (κ2) is 9.73. The van der Waals surface area contributed by atoms with E-state index < -0.39 is 10.0 Å². The molecule has 0 saturated carbocycles. The first-order valence-electron chi connectivity index (χ1n) is 11.4. The average Bonchev–Trinajstić information content (AvgIpc) is 3.33. The molecule has 33 heavy (non-hydrogen) atoms. The number of benzene rings is 2. The van der Waals surface area contributed by atoms with Gasteiger partial charge < -0.3 is 14.4 Å². The third-order valence-corrected chi connectivity index (χ3v) is 8.71. The highest BCUT2D eigenvalue weighted by molar-refractivity contribution is 7.89. The summed E-state index contributed by atoms with van der Waals surface area (Å²) in [6.07, 6.45) is 2.89. The minimum Gasteiger partial charge on any atom is -0.497 e. The molecule has 2 heterocycles. The SMILES string of the molecule is COc1ccc(C2CCCN2C(=O)C2CCN(S(=O)(=O)c3ccc(C)cc3)CC2)c(OC)c1. The summed E-state index contributed by atoms with van der Waals surface area (Å²) in [5.74, 6) is 1.38. The lowest BCUT2D eigenvalue weighted by Gasteiger charge is -2.34. The number of nitrogens with zero attached hydrogens (tertiary/aromatic N) is 2. The predicted molar refractivity (Wildman–Crippen MR) is 126 cm³/mol. The number of carbonyl (C=O) groups is 1. The minimum absolute atomic E-state index is 0.0346. The molecule has 2 aromatic carbocycles. The zero-order chi connectivity index (χ0) is 23.6. The van der Waals surface area contributed by atoms with Crippen molar-refractivity contribution in [2.45, 2.75) is 43.5 Å². The molecule has 0 N–H and O–H groups in total. The largest absolute Gasteiger partial charge is 0.497 e. The van der Waals surface area contributed by atoms with Crippen LogP contribution < -0.4 is 9.47 Å². The van der Waals surface area contributed by atoms with E-state index in [1.165, 1.54) is 4.31 Å². The van der Waals surface area contributed by atoms with Crippen LogP contribution in [0.15, 0.2) is 47.4 Å². The molecule has 0 radical (unpaired) electrons. The van der Waals surface area contributed by atoms with Crippen molar-refractivity contribution in [1.82, 2.24) is 9.21 Å². The molecular weight excluding hydrogens is 440 g/mol. The summed E-state index contributed by atoms with van der Waals surface area (Å²) in [5, 5.41) is 0. The van der Waals surface area contributed by atoms with Gasteiger partial charge in [0.1, 0.15) is 11.5 Å². The van der Waals surface area contributed by atoms with E-state index in [-0.39, 0.29) is 17.9 Å². The van der Waals surface area contributed by atoms with Crippen molar-refractivity contribution in [3.8, 4) is 11.5 Å². The first-order valence-corrected chi connectivity index (χ1v) is 12.9. The molecule has 1 unspecified atom stereocenters. The monoisotopic (exact) mass is 472 g/mol. The molecule has 0 spiro atoms. The Bertz CT molecular complexity index is 1090. The van der Waals surface area contributed by atoms with Crippen molar-refractivity contribution < 1.29 is 22.7 Å². The van der Waals surface area contributed by atoms with Crippen LogP contribution in [0.2, 0.25) is 0 Å². The lowest BCUT2D eigenvalue weighted by molar-refractivity contribution is -0.137. The topological polar surface area (TPSA) is 76.2 Å². The zero-order valence-corrected chi connectivity index (χ0v) is 20.3. The fourth-order valence-electron chi connectivity index (χ4n) is 4.88. The first kappa shape index (κ1) is 23.6. The Morgan fingerprint density at radius 3 is 2.27 bits per heavy atom. The highest BCUT2D eigenvalue weighted by Gasteiger charge is 2.38. The predicted octanol–water partition coefficient (Wildman–Crippen LogP) is 3.78. The maximum absolute atomic E-state index is 13.5. The van der Waals surface area contributed by atoms with Gasteiger partial charge in [-0.15, -0.1) is 0 Å². The second-order valence-electron chi connectivity index (χ2n) is 8.79. The maximum atomic E-state index is 13.5. The van der Waals surface area contributed by atoms with Crippen LogP contribution in [-0.2, 0) is 14.8 Å². The Kier molecular flexibility index (Phi) is 6.95. The maximum Gasteiger partial charge on any atom is 0.243 e. The molecule has 2 saturated heterocycles. The molecule has 4 rings (SSSR count). The third-order valence-electron chi connectivity index (χ3n) is 6.80. The summed E-state index contributed by atoms with van der Waals surface area (Å²) in [4.78, 5) is 15.7. The van der Waals surface area contributed by atoms with Gasteiger partial charge in [-0.1, -0.05) is 17.7 Å². The van der Waals surface area contributed by atoms with Crippen LogP contribution in [0.5, 0.6) is 11.5 Å². The molecule has 1 amide bonds. The van der Waals surface area contributed by atoms with Crippen molar-refractivity contribution in [2.75, 3.05) is 33.9 Å². The van der Waals surface area contributed by atoms with Gasteiger partial charge >= 0.3 is 0 Å². The van der Waals surface area contributed by atoms with Gasteiger partial charge in [-0.2, -0.15) is 4.31 Å². The van der Waals surface area contributed by atoms with Crippen LogP contribution >= 0.6 is 0 Å². The van der Waals surface area contributed by atoms with Gasteiger partial charge in [0.25, 0.3) is 0 Å². The summed E-state index contributed by atoms with van der Waals surface area (Å²) in [5.41, 5.74) is 2.01. The smallest absolute Gasteiger partial charge is 0.243 e. The van der Waals surface area contributed by atoms with E-state index in [0.29, 0.717) is 43.1 Å². The number of sulfonamides is 1. The number of aryl methyl sites for hydroxylation is 1. The first-order chi connectivity index (χ1) is 15.8. The van der Waals surface area contributed by atoms with E-state index in [9.17, 15) is 13.2 Å². The Balaban J connectivity index is 1.45. The Hall–Kier alpha value is -2.58. The summed E-state index contributed by atoms with van der Waals surface area (Å²) in [7, 11) is -0.291. The molecule has 0 aliphatic carbocycles. The number of hydrogen-bond acceptors (Lipinski definition) is 5. The van der Waals surface area contributed by atoms with Gasteiger partial charge in [-0.25, -0.2) is 8.42 Å². The van der Waals surface area contributed by atoms with Gasteiger partial charge in [0.05, 0.1) is 25.2 Å². The third kappa shape index (κ3) is 4.73. The Labute approximate surface area is 196 Å². The van der Waals surface area contributed by atoms with Gasteiger partial charge in [0, 0.05) is 37.2 Å². The number of rotatable bonds is 6. The molecule has 2 fully saturated rings. The number of ether oxygens (including phenoxy) is 2. The van der Waals surface area contributed by atoms with Crippen LogP contribution in [0, 0.1) is 12.8 Å². The van der Waals surface area contributed by atoms with Crippen LogP contribution in [0.4, 0.5) is 0 Å². The van der Waals surface area contributed by atoms with Crippen LogP contribution in [0.3, 0.4) is 0 Å². The van der Waals surface area contributed by atoms with Crippen molar-refractivity contribution in [3.63, 3.8) is 0 Å². The fraction of sp³-hybridized carbons (Fsp3) is 0.480. The summed E-state index contributed by atoms with van der Waals surface area (Å²) < 4.78 is 38.4. The van der Waals surface area contributed by atoms with E-state index in [4.69, 9.17) is 9.47 Å². The highest BCUT2D eigenvalue weighted by Crippen LogP contribution is 2.40. The Morgan fingerprint density at radius 2 is 1.64 bits per heavy atom. The minimum atomic E-state index is -3.54. The fourth-order valence-corrected chi connectivity index (χ4v) is 6.35. The van der Waals surface area contributed by atoms with Crippen LogP contribution in [-0.4, -0.2) is 57.4 Å². The molecule has 178 valence electrons. The number of likely N-dealkylation sites (tertiary alicyclic amines) is 1. The van der Waals surface area contributed by atoms with Crippen molar-refractivity contribution in [2.24, 2.45) is 5.92 Å². The van der Waals surface area contributed by atoms with Crippen LogP contribution in [0.25, 0.3) is 0 Å². The molecule has 1 atom stereocenters. The van der Waals surface area contributed by atoms with E-state index in [1.54, 1.807) is 26.4 Å². The van der Waals surface area contributed by atoms with E-state index in [2.05, 4.69) is 0 Å². The molecular formula is C25H32N2O5S. The van der Waals surface area contributed by atoms with E-state index in [0.717, 1.165) is 29.7 Å². The summed E-state index contributed by atoms with van der Waals surface area (Å²) in [6, 6.07) is 12.6. The van der Waals surface area contributed by atoms with Gasteiger partial charge in [-0.05, 0) is 56.9 Å². The van der Waals surface area contributed by atoms with Crippen molar-refractivity contribution >= 4 is 15.9 Å². The standard InChI is InChI=1S/C25H32N2O5S/c1-18-6-9-21(10-7-18)33(29,30)26-15-12-19(13-16-26)25(28)27-14-4-5-23(27)22-11-8-20(31-2)17-24(22)32-3/h6-11,17,19,23H,4-5,12-16H2,1-3H3. The van der Waals surface area contributed by atoms with Gasteiger partial charge in [-0.3, -0.25) is 4.79 Å². The zero-order valence-electron chi connectivity index (χ0n) is 19.5. The molecule has 2 aliphatic rings. The lowest BCUT2D eigenvalue weighted by Crippen LogP contribution is -2.44. The number of piperidine rings is 1. The Morgan fingerprint density at radius 1 is 0.939 bits per heavy atom. The lowest BCUT2D eigenvalue weighted by atomic mass is 9.95.